The molecular weight excluding hydrogens is 547 g/mol. The fourth-order valence-corrected chi connectivity index (χ4v) is 5.31. The Bertz CT molecular complexity index is 1770. The molecule has 0 saturated carbocycles. The Kier molecular flexibility index (Phi) is 8.14. The number of aromatic nitrogens is 2. The number of benzene rings is 3. The summed E-state index contributed by atoms with van der Waals surface area (Å²) in [4.78, 5) is 45.6. The molecule has 3 N–H and O–H groups in total. The third-order valence-electron chi connectivity index (χ3n) is 7.87. The zero-order chi connectivity index (χ0) is 30.9. The number of nitrogens with zero attached hydrogens (tertiary/aromatic N) is 3. The van der Waals surface area contributed by atoms with Crippen molar-refractivity contribution in [2.45, 2.75) is 39.0 Å². The summed E-state index contributed by atoms with van der Waals surface area (Å²) in [5.41, 5.74) is 2.93. The number of para-hydroxylation sites is 1. The van der Waals surface area contributed by atoms with Crippen molar-refractivity contribution in [3.63, 3.8) is 0 Å². The maximum Gasteiger partial charge on any atom is 0.277 e. The lowest BCUT2D eigenvalue weighted by Crippen LogP contribution is -2.38. The normalized spacial score (nSPS) is 16.5. The second kappa shape index (κ2) is 11.8. The summed E-state index contributed by atoms with van der Waals surface area (Å²) in [7, 11) is 3.21. The van der Waals surface area contributed by atoms with Gasteiger partial charge in [0.15, 0.2) is 5.67 Å². The Hall–Kier alpha value is -4.83. The number of anilines is 3. The first kappa shape index (κ1) is 29.7. The van der Waals surface area contributed by atoms with Gasteiger partial charge in [-0.1, -0.05) is 36.4 Å². The van der Waals surface area contributed by atoms with Gasteiger partial charge in [-0.15, -0.1) is 0 Å². The van der Waals surface area contributed by atoms with E-state index in [2.05, 4.69) is 20.9 Å². The Labute approximate surface area is 249 Å². The number of aryl methyl sites for hydroxylation is 1. The molecule has 0 radical (unpaired) electrons. The molecule has 1 unspecified atom stereocenters. The zero-order valence-electron chi connectivity index (χ0n) is 24.9. The second-order valence-electron chi connectivity index (χ2n) is 11.0. The number of carbonyl (C=O) groups is 2. The number of carbonyl (C=O) groups excluding carboxylic acids is 2. The van der Waals surface area contributed by atoms with Crippen LogP contribution >= 0.6 is 0 Å². The third-order valence-corrected chi connectivity index (χ3v) is 7.87. The van der Waals surface area contributed by atoms with Crippen LogP contribution in [0.5, 0.6) is 0 Å². The Balaban J connectivity index is 1.60. The molecule has 5 rings (SSSR count). The van der Waals surface area contributed by atoms with E-state index >= 15 is 4.39 Å². The number of halogens is 1. The second-order valence-corrected chi connectivity index (χ2v) is 11.0. The van der Waals surface area contributed by atoms with E-state index in [0.29, 0.717) is 22.5 Å². The first-order chi connectivity index (χ1) is 20.5. The topological polar surface area (TPSA) is 108 Å². The molecule has 2 atom stereocenters. The van der Waals surface area contributed by atoms with Gasteiger partial charge in [0.05, 0.1) is 25.3 Å². The molecule has 10 heteroatoms. The van der Waals surface area contributed by atoms with E-state index in [0.717, 1.165) is 22.5 Å². The largest absolute Gasteiger partial charge is 0.355 e. The first-order valence-corrected chi connectivity index (χ1v) is 14.1. The highest BCUT2D eigenvalue weighted by Crippen LogP contribution is 2.45. The van der Waals surface area contributed by atoms with E-state index < -0.39 is 17.3 Å². The van der Waals surface area contributed by atoms with Crippen LogP contribution < -0.4 is 26.4 Å². The summed E-state index contributed by atoms with van der Waals surface area (Å²) in [6, 6.07) is 19.7. The van der Waals surface area contributed by atoms with Crippen molar-refractivity contribution in [1.29, 1.82) is 0 Å². The molecule has 3 aromatic carbocycles. The lowest BCUT2D eigenvalue weighted by Gasteiger charge is -2.22. The van der Waals surface area contributed by atoms with E-state index in [1.54, 1.807) is 52.2 Å². The summed E-state index contributed by atoms with van der Waals surface area (Å²) < 4.78 is 17.0. The van der Waals surface area contributed by atoms with Crippen LogP contribution in [0, 0.1) is 6.92 Å². The lowest BCUT2D eigenvalue weighted by atomic mass is 10.0. The van der Waals surface area contributed by atoms with Crippen molar-refractivity contribution < 1.29 is 14.0 Å². The summed E-state index contributed by atoms with van der Waals surface area (Å²) in [6.45, 7) is 5.43. The highest BCUT2D eigenvalue weighted by atomic mass is 19.1. The number of fused-ring (bicyclic) bond motifs is 1. The Morgan fingerprint density at radius 3 is 2.58 bits per heavy atom. The molecule has 1 aliphatic rings. The summed E-state index contributed by atoms with van der Waals surface area (Å²) in [5.74, 6) is -0.290. The minimum Gasteiger partial charge on any atom is -0.355 e. The van der Waals surface area contributed by atoms with E-state index in [1.807, 2.05) is 54.3 Å². The molecule has 9 nitrogen and oxygen atoms in total. The zero-order valence-corrected chi connectivity index (χ0v) is 24.9. The van der Waals surface area contributed by atoms with Crippen LogP contribution in [0.4, 0.5) is 21.5 Å². The Morgan fingerprint density at radius 1 is 1.07 bits per heavy atom. The number of amides is 2. The van der Waals surface area contributed by atoms with E-state index in [9.17, 15) is 14.4 Å². The molecule has 2 heterocycles. The molecule has 0 spiro atoms. The molecule has 222 valence electrons. The van der Waals surface area contributed by atoms with Crippen LogP contribution in [-0.2, 0) is 17.0 Å². The van der Waals surface area contributed by atoms with Crippen molar-refractivity contribution in [3.05, 3.63) is 106 Å². The van der Waals surface area contributed by atoms with Gasteiger partial charge in [0.2, 0.25) is 5.91 Å². The van der Waals surface area contributed by atoms with Gasteiger partial charge in [-0.25, -0.2) is 9.37 Å². The third kappa shape index (κ3) is 5.78. The highest BCUT2D eigenvalue weighted by Gasteiger charge is 2.39. The maximum absolute atomic E-state index is 15.5. The number of hydrogen-bond acceptors (Lipinski definition) is 6. The SMILES string of the molecule is CNC(=O)c1ccc(C)c(-c2ncc(NC(=O)[C@H](C)NC)c(=O)n2Cc2cccc(N3CC(C)(F)c4ccccc43)c2)c1. The smallest absolute Gasteiger partial charge is 0.277 e. The van der Waals surface area contributed by atoms with Gasteiger partial charge in [-0.2, -0.15) is 0 Å². The molecule has 0 saturated heterocycles. The lowest BCUT2D eigenvalue weighted by molar-refractivity contribution is -0.117. The van der Waals surface area contributed by atoms with E-state index in [-0.39, 0.29) is 30.6 Å². The number of alkyl halides is 1. The molecule has 1 aromatic heterocycles. The minimum atomic E-state index is -1.51. The average molecular weight is 583 g/mol. The van der Waals surface area contributed by atoms with Gasteiger partial charge in [-0.3, -0.25) is 19.0 Å². The molecule has 0 aliphatic carbocycles. The van der Waals surface area contributed by atoms with Crippen LogP contribution in [0.2, 0.25) is 0 Å². The van der Waals surface area contributed by atoms with E-state index in [4.69, 9.17) is 0 Å². The van der Waals surface area contributed by atoms with Crippen molar-refractivity contribution in [2.24, 2.45) is 0 Å². The van der Waals surface area contributed by atoms with Gasteiger partial charge in [-0.05, 0) is 69.3 Å². The van der Waals surface area contributed by atoms with Gasteiger partial charge in [0, 0.05) is 35.1 Å². The van der Waals surface area contributed by atoms with Crippen molar-refractivity contribution in [2.75, 3.05) is 30.9 Å². The van der Waals surface area contributed by atoms with Crippen molar-refractivity contribution in [1.82, 2.24) is 20.2 Å². The number of likely N-dealkylation sites (N-methyl/N-ethyl adjacent to an activating group) is 1. The first-order valence-electron chi connectivity index (χ1n) is 14.1. The van der Waals surface area contributed by atoms with Crippen LogP contribution in [-0.4, -0.2) is 48.0 Å². The summed E-state index contributed by atoms with van der Waals surface area (Å²) in [5, 5.41) is 8.17. The van der Waals surface area contributed by atoms with Gasteiger partial charge in [0.1, 0.15) is 11.5 Å². The maximum atomic E-state index is 15.5. The van der Waals surface area contributed by atoms with Gasteiger partial charge in [0.25, 0.3) is 11.5 Å². The molecule has 0 fully saturated rings. The fraction of sp³-hybridized carbons (Fsp3) is 0.273. The average Bonchev–Trinajstić information content (AvgIpc) is 3.29. The predicted octanol–water partition coefficient (Wildman–Crippen LogP) is 4.51. The predicted molar refractivity (Wildman–Crippen MR) is 167 cm³/mol. The van der Waals surface area contributed by atoms with Crippen LogP contribution in [0.25, 0.3) is 11.4 Å². The molecule has 0 bridgehead atoms. The van der Waals surface area contributed by atoms with Crippen LogP contribution in [0.3, 0.4) is 0 Å². The molecule has 2 amide bonds. The van der Waals surface area contributed by atoms with Crippen LogP contribution in [0.1, 0.15) is 40.9 Å². The van der Waals surface area contributed by atoms with E-state index in [1.165, 1.54) is 10.8 Å². The number of nitrogens with one attached hydrogen (secondary N) is 3. The van der Waals surface area contributed by atoms with Gasteiger partial charge < -0.3 is 20.9 Å². The number of rotatable bonds is 8. The molecule has 1 aliphatic heterocycles. The summed E-state index contributed by atoms with van der Waals surface area (Å²) in [6.07, 6.45) is 1.35. The minimum absolute atomic E-state index is 0.0359. The monoisotopic (exact) mass is 582 g/mol. The highest BCUT2D eigenvalue weighted by molar-refractivity contribution is 5.96. The fourth-order valence-electron chi connectivity index (χ4n) is 5.31. The molecule has 4 aromatic rings. The van der Waals surface area contributed by atoms with Gasteiger partial charge >= 0.3 is 0 Å². The molecule has 43 heavy (non-hydrogen) atoms. The Morgan fingerprint density at radius 2 is 1.84 bits per heavy atom. The molecular formula is C33H35FN6O3. The quantitative estimate of drug-likeness (QED) is 0.282. The standard InChI is InChI=1S/C33H35FN6O3/c1-20-13-14-23(31(42)36-5)16-25(20)29-37-17-27(38-30(41)21(2)35-4)32(43)39(29)18-22-9-8-10-24(15-22)40-19-33(3,34)26-11-6-7-12-28(26)40/h6-17,21,35H,18-19H2,1-5H3,(H,36,42)(H,38,41)/t21-,33?/m0/s1. The summed E-state index contributed by atoms with van der Waals surface area (Å²) >= 11 is 0. The van der Waals surface area contributed by atoms with Crippen molar-refractivity contribution in [3.8, 4) is 11.4 Å². The van der Waals surface area contributed by atoms with Crippen LogP contribution in [0.15, 0.2) is 77.7 Å². The number of hydrogen-bond donors (Lipinski definition) is 3. The van der Waals surface area contributed by atoms with Crippen molar-refractivity contribution >= 4 is 28.9 Å².